The number of aliphatic hydroxyl groups is 1. The molecular weight excluding hydrogens is 221 g/mol. The van der Waals surface area contributed by atoms with Gasteiger partial charge in [-0.05, 0) is 44.0 Å². The van der Waals surface area contributed by atoms with Crippen LogP contribution in [-0.2, 0) is 0 Å². The molecule has 1 aromatic carbocycles. The summed E-state index contributed by atoms with van der Waals surface area (Å²) in [6.45, 7) is 5.20. The van der Waals surface area contributed by atoms with E-state index in [0.29, 0.717) is 17.5 Å². The largest absolute Gasteiger partial charge is 0.394 e. The fourth-order valence-corrected chi connectivity index (χ4v) is 1.46. The van der Waals surface area contributed by atoms with Gasteiger partial charge in [0.2, 0.25) is 0 Å². The number of rotatable bonds is 4. The second-order valence-corrected chi connectivity index (χ2v) is 4.49. The van der Waals surface area contributed by atoms with Crippen molar-refractivity contribution in [3.63, 3.8) is 0 Å². The number of nitrogens with one attached hydrogen (secondary N) is 1. The maximum Gasteiger partial charge on any atom is 0.252 e. The van der Waals surface area contributed by atoms with Crippen molar-refractivity contribution in [1.29, 1.82) is 0 Å². The highest BCUT2D eigenvalue weighted by molar-refractivity contribution is 5.96. The van der Waals surface area contributed by atoms with Crippen molar-refractivity contribution >= 4 is 5.91 Å². The van der Waals surface area contributed by atoms with Crippen molar-refractivity contribution < 1.29 is 14.3 Å². The zero-order valence-corrected chi connectivity index (χ0v) is 10.4. The Morgan fingerprint density at radius 1 is 1.53 bits per heavy atom. The molecule has 0 fully saturated rings. The first-order valence-corrected chi connectivity index (χ1v) is 5.61. The molecule has 0 aliphatic heterocycles. The van der Waals surface area contributed by atoms with Crippen LogP contribution in [0.15, 0.2) is 18.2 Å². The van der Waals surface area contributed by atoms with E-state index in [4.69, 9.17) is 0 Å². The maximum absolute atomic E-state index is 12.9. The van der Waals surface area contributed by atoms with Crippen molar-refractivity contribution in [2.45, 2.75) is 32.7 Å². The van der Waals surface area contributed by atoms with E-state index in [0.717, 1.165) is 0 Å². The average Bonchev–Trinajstić information content (AvgIpc) is 2.28. The standard InChI is InChI=1S/C13H18FNO2/c1-4-13(3,8-16)15-12(17)11-6-5-10(14)7-9(11)2/h5-7,16H,4,8H2,1-3H3,(H,15,17). The van der Waals surface area contributed by atoms with Crippen molar-refractivity contribution in [2.24, 2.45) is 0 Å². The van der Waals surface area contributed by atoms with Crippen molar-refractivity contribution in [3.8, 4) is 0 Å². The van der Waals surface area contributed by atoms with Crippen molar-refractivity contribution in [2.75, 3.05) is 6.61 Å². The van der Waals surface area contributed by atoms with Gasteiger partial charge in [-0.2, -0.15) is 0 Å². The summed E-state index contributed by atoms with van der Waals surface area (Å²) < 4.78 is 12.9. The summed E-state index contributed by atoms with van der Waals surface area (Å²) in [4.78, 5) is 12.0. The van der Waals surface area contributed by atoms with Crippen molar-refractivity contribution in [3.05, 3.63) is 35.1 Å². The average molecular weight is 239 g/mol. The van der Waals surface area contributed by atoms with Crippen molar-refractivity contribution in [1.82, 2.24) is 5.32 Å². The number of carbonyl (C=O) groups is 1. The van der Waals surface area contributed by atoms with Crippen LogP contribution < -0.4 is 5.32 Å². The molecule has 0 heterocycles. The summed E-state index contributed by atoms with van der Waals surface area (Å²) in [7, 11) is 0. The first kappa shape index (κ1) is 13.6. The van der Waals surface area contributed by atoms with E-state index in [2.05, 4.69) is 5.32 Å². The Hall–Kier alpha value is -1.42. The van der Waals surface area contributed by atoms with E-state index >= 15 is 0 Å². The van der Waals surface area contributed by atoms with Gasteiger partial charge in [0.15, 0.2) is 0 Å². The molecule has 1 unspecified atom stereocenters. The molecule has 0 saturated carbocycles. The molecule has 0 saturated heterocycles. The second kappa shape index (κ2) is 5.27. The van der Waals surface area contributed by atoms with Gasteiger partial charge < -0.3 is 10.4 Å². The quantitative estimate of drug-likeness (QED) is 0.844. The minimum absolute atomic E-state index is 0.129. The van der Waals surface area contributed by atoms with Gasteiger partial charge in [0.05, 0.1) is 12.1 Å². The lowest BCUT2D eigenvalue weighted by molar-refractivity contribution is 0.0846. The fraction of sp³-hybridized carbons (Fsp3) is 0.462. The third kappa shape index (κ3) is 3.27. The van der Waals surface area contributed by atoms with Crippen LogP contribution in [-0.4, -0.2) is 23.2 Å². The monoisotopic (exact) mass is 239 g/mol. The molecule has 0 aliphatic rings. The molecule has 2 N–H and O–H groups in total. The van der Waals surface area contributed by atoms with Gasteiger partial charge in [0.1, 0.15) is 5.82 Å². The number of carbonyl (C=O) groups excluding carboxylic acids is 1. The Morgan fingerprint density at radius 3 is 2.65 bits per heavy atom. The Kier molecular flexibility index (Phi) is 4.23. The molecule has 1 aromatic rings. The smallest absolute Gasteiger partial charge is 0.252 e. The van der Waals surface area contributed by atoms with Crippen LogP contribution in [0.5, 0.6) is 0 Å². The highest BCUT2D eigenvalue weighted by Gasteiger charge is 2.24. The molecule has 17 heavy (non-hydrogen) atoms. The van der Waals surface area contributed by atoms with E-state index in [1.54, 1.807) is 13.8 Å². The normalized spacial score (nSPS) is 14.2. The number of aliphatic hydroxyl groups excluding tert-OH is 1. The summed E-state index contributed by atoms with van der Waals surface area (Å²) in [5.41, 5.74) is 0.371. The fourth-order valence-electron chi connectivity index (χ4n) is 1.46. The summed E-state index contributed by atoms with van der Waals surface area (Å²) in [5, 5.41) is 12.0. The lowest BCUT2D eigenvalue weighted by Gasteiger charge is -2.27. The number of benzene rings is 1. The molecule has 0 radical (unpaired) electrons. The Labute approximate surface area is 101 Å². The highest BCUT2D eigenvalue weighted by atomic mass is 19.1. The van der Waals surface area contributed by atoms with Crippen LogP contribution in [0.2, 0.25) is 0 Å². The highest BCUT2D eigenvalue weighted by Crippen LogP contribution is 2.13. The Balaban J connectivity index is 2.90. The van der Waals surface area contributed by atoms with Crippen LogP contribution in [0.4, 0.5) is 4.39 Å². The maximum atomic E-state index is 12.9. The minimum Gasteiger partial charge on any atom is -0.394 e. The van der Waals surface area contributed by atoms with Crippen LogP contribution in [0.1, 0.15) is 36.2 Å². The molecule has 1 amide bonds. The molecule has 0 spiro atoms. The summed E-state index contributed by atoms with van der Waals surface area (Å²) >= 11 is 0. The third-order valence-corrected chi connectivity index (χ3v) is 2.98. The second-order valence-electron chi connectivity index (χ2n) is 4.49. The molecule has 94 valence electrons. The molecular formula is C13H18FNO2. The van der Waals surface area contributed by atoms with Gasteiger partial charge >= 0.3 is 0 Å². The summed E-state index contributed by atoms with van der Waals surface area (Å²) in [6.07, 6.45) is 0.621. The van der Waals surface area contributed by atoms with Gasteiger partial charge in [-0.25, -0.2) is 4.39 Å². The van der Waals surface area contributed by atoms with Gasteiger partial charge in [0, 0.05) is 5.56 Å². The number of hydrogen-bond donors (Lipinski definition) is 2. The van der Waals surface area contributed by atoms with Crippen LogP contribution in [0, 0.1) is 12.7 Å². The van der Waals surface area contributed by atoms with E-state index in [1.165, 1.54) is 18.2 Å². The molecule has 1 rings (SSSR count). The van der Waals surface area contributed by atoms with Crippen LogP contribution in [0.3, 0.4) is 0 Å². The van der Waals surface area contributed by atoms with E-state index in [9.17, 15) is 14.3 Å². The molecule has 0 aliphatic carbocycles. The van der Waals surface area contributed by atoms with E-state index < -0.39 is 5.54 Å². The first-order chi connectivity index (χ1) is 7.91. The number of hydrogen-bond acceptors (Lipinski definition) is 2. The number of amides is 1. The zero-order valence-electron chi connectivity index (χ0n) is 10.4. The third-order valence-electron chi connectivity index (χ3n) is 2.98. The SMILES string of the molecule is CCC(C)(CO)NC(=O)c1ccc(F)cc1C. The Bertz CT molecular complexity index is 414. The van der Waals surface area contributed by atoms with Crippen LogP contribution in [0.25, 0.3) is 0 Å². The molecule has 4 heteroatoms. The molecule has 3 nitrogen and oxygen atoms in total. The number of halogens is 1. The lowest BCUT2D eigenvalue weighted by atomic mass is 9.99. The van der Waals surface area contributed by atoms with Gasteiger partial charge in [-0.15, -0.1) is 0 Å². The minimum atomic E-state index is -0.641. The predicted molar refractivity (Wildman–Crippen MR) is 64.4 cm³/mol. The molecule has 0 aromatic heterocycles. The van der Waals surface area contributed by atoms with Gasteiger partial charge in [-0.3, -0.25) is 4.79 Å². The van der Waals surface area contributed by atoms with Gasteiger partial charge in [-0.1, -0.05) is 6.92 Å². The molecule has 0 bridgehead atoms. The van der Waals surface area contributed by atoms with Crippen LogP contribution >= 0.6 is 0 Å². The van der Waals surface area contributed by atoms with E-state index in [-0.39, 0.29) is 18.3 Å². The van der Waals surface area contributed by atoms with E-state index in [1.807, 2.05) is 6.92 Å². The Morgan fingerprint density at radius 2 is 2.18 bits per heavy atom. The number of aryl methyl sites for hydroxylation is 1. The van der Waals surface area contributed by atoms with Gasteiger partial charge in [0.25, 0.3) is 5.91 Å². The lowest BCUT2D eigenvalue weighted by Crippen LogP contribution is -2.48. The topological polar surface area (TPSA) is 49.3 Å². The summed E-state index contributed by atoms with van der Waals surface area (Å²) in [5.74, 6) is -0.652. The summed E-state index contributed by atoms with van der Waals surface area (Å²) in [6, 6.07) is 4.02. The zero-order chi connectivity index (χ0) is 13.1. The predicted octanol–water partition coefficient (Wildman–Crippen LogP) is 2.02. The molecule has 1 atom stereocenters. The first-order valence-electron chi connectivity index (χ1n) is 5.61.